The highest BCUT2D eigenvalue weighted by Gasteiger charge is 2.31. The van der Waals surface area contributed by atoms with Gasteiger partial charge in [0.05, 0.1) is 6.07 Å². The number of nitriles is 1. The van der Waals surface area contributed by atoms with E-state index in [1.807, 2.05) is 13.0 Å². The molecule has 19 heavy (non-hydrogen) atoms. The van der Waals surface area contributed by atoms with Gasteiger partial charge >= 0.3 is 0 Å². The molecular weight excluding hydrogens is 259 g/mol. The van der Waals surface area contributed by atoms with Crippen molar-refractivity contribution in [3.8, 4) is 6.07 Å². The lowest BCUT2D eigenvalue weighted by atomic mass is 9.98. The van der Waals surface area contributed by atoms with Crippen molar-refractivity contribution in [2.24, 2.45) is 0 Å². The quantitative estimate of drug-likeness (QED) is 0.610. The normalized spacial score (nSPS) is 17.7. The van der Waals surface area contributed by atoms with Crippen molar-refractivity contribution in [2.75, 3.05) is 5.75 Å². The summed E-state index contributed by atoms with van der Waals surface area (Å²) >= 11 is 1.64. The monoisotopic (exact) mass is 278 g/mol. The Balaban J connectivity index is 1.72. The van der Waals surface area contributed by atoms with Crippen molar-refractivity contribution < 1.29 is 4.39 Å². The predicted octanol–water partition coefficient (Wildman–Crippen LogP) is 3.73. The third-order valence-corrected chi connectivity index (χ3v) is 4.31. The van der Waals surface area contributed by atoms with Gasteiger partial charge in [0.15, 0.2) is 0 Å². The molecule has 0 saturated heterocycles. The van der Waals surface area contributed by atoms with Crippen LogP contribution in [0, 0.1) is 17.1 Å². The van der Waals surface area contributed by atoms with E-state index in [0.717, 1.165) is 23.5 Å². The second-order valence-corrected chi connectivity index (χ2v) is 6.44. The number of benzene rings is 1. The van der Waals surface area contributed by atoms with Crippen molar-refractivity contribution >= 4 is 11.8 Å². The number of hydrogen-bond acceptors (Lipinski definition) is 3. The minimum Gasteiger partial charge on any atom is -0.297 e. The molecule has 0 spiro atoms. The summed E-state index contributed by atoms with van der Waals surface area (Å²) in [5.74, 6) is 0.717. The summed E-state index contributed by atoms with van der Waals surface area (Å²) in [4.78, 5) is 0.953. The van der Waals surface area contributed by atoms with Gasteiger partial charge in [0.25, 0.3) is 0 Å². The molecule has 0 aromatic heterocycles. The Morgan fingerprint density at radius 1 is 1.53 bits per heavy atom. The molecule has 0 aliphatic heterocycles. The second kappa shape index (κ2) is 6.40. The Labute approximate surface area is 118 Å². The van der Waals surface area contributed by atoms with Crippen LogP contribution in [0.25, 0.3) is 0 Å². The van der Waals surface area contributed by atoms with Crippen molar-refractivity contribution in [1.29, 1.82) is 5.26 Å². The topological polar surface area (TPSA) is 35.8 Å². The summed E-state index contributed by atoms with van der Waals surface area (Å²) in [5.41, 5.74) is -0.413. The van der Waals surface area contributed by atoms with Crippen molar-refractivity contribution in [1.82, 2.24) is 5.32 Å². The molecule has 1 aromatic carbocycles. The first-order valence-corrected chi connectivity index (χ1v) is 7.67. The molecule has 1 saturated carbocycles. The zero-order chi connectivity index (χ0) is 13.7. The standard InChI is InChI=1S/C15H19FN2S/c1-15(11-17,18-13-6-7-13)8-3-9-19-14-5-2-4-12(16)10-14/h2,4-5,10,13,18H,3,6-9H2,1H3. The van der Waals surface area contributed by atoms with Gasteiger partial charge < -0.3 is 0 Å². The maximum Gasteiger partial charge on any atom is 0.124 e. The highest BCUT2D eigenvalue weighted by Crippen LogP contribution is 2.26. The predicted molar refractivity (Wildman–Crippen MR) is 76.5 cm³/mol. The SMILES string of the molecule is CC(C#N)(CCCSc1cccc(F)c1)NC1CC1. The van der Waals surface area contributed by atoms with Crippen LogP contribution in [0.5, 0.6) is 0 Å². The van der Waals surface area contributed by atoms with E-state index in [4.69, 9.17) is 0 Å². The number of nitrogens with one attached hydrogen (secondary N) is 1. The number of thioether (sulfide) groups is 1. The largest absolute Gasteiger partial charge is 0.297 e. The summed E-state index contributed by atoms with van der Waals surface area (Å²) < 4.78 is 13.0. The number of rotatable bonds is 7. The minimum absolute atomic E-state index is 0.192. The van der Waals surface area contributed by atoms with Gasteiger partial charge in [0.1, 0.15) is 11.4 Å². The number of hydrogen-bond donors (Lipinski definition) is 1. The maximum absolute atomic E-state index is 13.0. The maximum atomic E-state index is 13.0. The highest BCUT2D eigenvalue weighted by molar-refractivity contribution is 7.99. The molecule has 2 rings (SSSR count). The van der Waals surface area contributed by atoms with E-state index in [1.54, 1.807) is 23.9 Å². The average Bonchev–Trinajstić information content (AvgIpc) is 3.19. The summed E-state index contributed by atoms with van der Waals surface area (Å²) in [7, 11) is 0. The van der Waals surface area contributed by atoms with Gasteiger partial charge in [-0.15, -0.1) is 11.8 Å². The molecule has 1 N–H and O–H groups in total. The molecule has 102 valence electrons. The third kappa shape index (κ3) is 4.85. The van der Waals surface area contributed by atoms with Crippen LogP contribution in [0.4, 0.5) is 4.39 Å². The molecular formula is C15H19FN2S. The van der Waals surface area contributed by atoms with Gasteiger partial charge in [-0.05, 0) is 56.6 Å². The van der Waals surface area contributed by atoms with E-state index in [2.05, 4.69) is 11.4 Å². The lowest BCUT2D eigenvalue weighted by Gasteiger charge is -2.23. The average molecular weight is 278 g/mol. The van der Waals surface area contributed by atoms with Crippen LogP contribution in [-0.4, -0.2) is 17.3 Å². The van der Waals surface area contributed by atoms with Crippen LogP contribution in [-0.2, 0) is 0 Å². The zero-order valence-electron chi connectivity index (χ0n) is 11.2. The van der Waals surface area contributed by atoms with Gasteiger partial charge in [0.2, 0.25) is 0 Å². The Morgan fingerprint density at radius 3 is 2.95 bits per heavy atom. The summed E-state index contributed by atoms with van der Waals surface area (Å²) in [5, 5.41) is 12.6. The summed E-state index contributed by atoms with van der Waals surface area (Å²) in [6, 6.07) is 9.57. The van der Waals surface area contributed by atoms with Gasteiger partial charge in [-0.1, -0.05) is 6.07 Å². The fourth-order valence-corrected chi connectivity index (χ4v) is 2.91. The van der Waals surface area contributed by atoms with Gasteiger partial charge in [0, 0.05) is 10.9 Å². The van der Waals surface area contributed by atoms with E-state index in [1.165, 1.54) is 18.9 Å². The van der Waals surface area contributed by atoms with Crippen LogP contribution < -0.4 is 5.32 Å². The van der Waals surface area contributed by atoms with E-state index in [0.29, 0.717) is 6.04 Å². The first-order valence-electron chi connectivity index (χ1n) is 6.69. The molecule has 4 heteroatoms. The summed E-state index contributed by atoms with van der Waals surface area (Å²) in [6.07, 6.45) is 4.16. The molecule has 0 bridgehead atoms. The first kappa shape index (κ1) is 14.4. The lowest BCUT2D eigenvalue weighted by Crippen LogP contribution is -2.42. The minimum atomic E-state index is -0.413. The molecule has 1 fully saturated rings. The smallest absolute Gasteiger partial charge is 0.124 e. The molecule has 0 amide bonds. The fourth-order valence-electron chi connectivity index (χ4n) is 2.01. The molecule has 1 unspecified atom stereocenters. The van der Waals surface area contributed by atoms with E-state index in [-0.39, 0.29) is 5.82 Å². The summed E-state index contributed by atoms with van der Waals surface area (Å²) in [6.45, 7) is 1.97. The zero-order valence-corrected chi connectivity index (χ0v) is 12.0. The van der Waals surface area contributed by atoms with Crippen LogP contribution >= 0.6 is 11.8 Å². The molecule has 1 aliphatic carbocycles. The molecule has 2 nitrogen and oxygen atoms in total. The van der Waals surface area contributed by atoms with Crippen LogP contribution in [0.15, 0.2) is 29.2 Å². The van der Waals surface area contributed by atoms with Crippen molar-refractivity contribution in [3.05, 3.63) is 30.1 Å². The van der Waals surface area contributed by atoms with Crippen LogP contribution in [0.2, 0.25) is 0 Å². The van der Waals surface area contributed by atoms with Gasteiger partial charge in [-0.2, -0.15) is 5.26 Å². The van der Waals surface area contributed by atoms with E-state index < -0.39 is 5.54 Å². The third-order valence-electron chi connectivity index (χ3n) is 3.23. The molecule has 1 atom stereocenters. The van der Waals surface area contributed by atoms with Crippen LogP contribution in [0.1, 0.15) is 32.6 Å². The van der Waals surface area contributed by atoms with Crippen LogP contribution in [0.3, 0.4) is 0 Å². The number of halogens is 1. The van der Waals surface area contributed by atoms with E-state index in [9.17, 15) is 9.65 Å². The molecule has 0 radical (unpaired) electrons. The highest BCUT2D eigenvalue weighted by atomic mass is 32.2. The Hall–Kier alpha value is -1.05. The lowest BCUT2D eigenvalue weighted by molar-refractivity contribution is 0.412. The molecule has 1 aromatic rings. The molecule has 0 heterocycles. The first-order chi connectivity index (χ1) is 9.11. The number of nitrogens with zero attached hydrogens (tertiary/aromatic N) is 1. The van der Waals surface area contributed by atoms with Crippen molar-refractivity contribution in [2.45, 2.75) is 49.1 Å². The van der Waals surface area contributed by atoms with Gasteiger partial charge in [-0.3, -0.25) is 5.32 Å². The Bertz CT molecular complexity index is 467. The Morgan fingerprint density at radius 2 is 2.32 bits per heavy atom. The van der Waals surface area contributed by atoms with Crippen molar-refractivity contribution in [3.63, 3.8) is 0 Å². The second-order valence-electron chi connectivity index (χ2n) is 5.27. The fraction of sp³-hybridized carbons (Fsp3) is 0.533. The van der Waals surface area contributed by atoms with Gasteiger partial charge in [-0.25, -0.2) is 4.39 Å². The Kier molecular flexibility index (Phi) is 4.84. The van der Waals surface area contributed by atoms with E-state index >= 15 is 0 Å². The molecule has 1 aliphatic rings.